The predicted molar refractivity (Wildman–Crippen MR) is 123 cm³/mol. The molecule has 8 nitrogen and oxygen atoms in total. The molecule has 172 valence electrons. The number of anilines is 1. The second-order valence-corrected chi connectivity index (χ2v) is 11.1. The van der Waals surface area contributed by atoms with Crippen molar-refractivity contribution >= 4 is 38.3 Å². The second kappa shape index (κ2) is 9.29. The van der Waals surface area contributed by atoms with Gasteiger partial charge in [0.05, 0.1) is 17.1 Å². The lowest BCUT2D eigenvalue weighted by Crippen LogP contribution is -2.35. The Morgan fingerprint density at radius 3 is 2.47 bits per heavy atom. The van der Waals surface area contributed by atoms with Crippen LogP contribution in [0.2, 0.25) is 0 Å². The maximum Gasteiger partial charge on any atom is 0.254 e. The Morgan fingerprint density at radius 1 is 1.19 bits per heavy atom. The van der Waals surface area contributed by atoms with Gasteiger partial charge in [0.25, 0.3) is 5.91 Å². The molecule has 2 heterocycles. The van der Waals surface area contributed by atoms with Crippen LogP contribution in [-0.4, -0.2) is 54.1 Å². The molecular formula is C22H28N4O4S2. The summed E-state index contributed by atoms with van der Waals surface area (Å²) < 4.78 is 26.7. The number of nitrogens with one attached hydrogen (secondary N) is 1. The molecule has 1 aromatic carbocycles. The highest BCUT2D eigenvalue weighted by molar-refractivity contribution is 7.89. The summed E-state index contributed by atoms with van der Waals surface area (Å²) in [6.45, 7) is 5.36. The summed E-state index contributed by atoms with van der Waals surface area (Å²) >= 11 is 1.42. The Bertz CT molecular complexity index is 1100. The van der Waals surface area contributed by atoms with Crippen LogP contribution in [-0.2, 0) is 27.8 Å². The van der Waals surface area contributed by atoms with Crippen molar-refractivity contribution in [2.75, 3.05) is 25.0 Å². The molecule has 10 heteroatoms. The number of hydrogen-bond donors (Lipinski definition) is 1. The van der Waals surface area contributed by atoms with Crippen LogP contribution in [0.25, 0.3) is 0 Å². The second-order valence-electron chi connectivity index (χ2n) is 8.10. The van der Waals surface area contributed by atoms with Gasteiger partial charge in [-0.1, -0.05) is 31.6 Å². The summed E-state index contributed by atoms with van der Waals surface area (Å²) in [5.74, 6) is -0.00607. The third-order valence-corrected chi connectivity index (χ3v) is 9.23. The Labute approximate surface area is 192 Å². The molecule has 1 N–H and O–H groups in total. The number of sulfonamides is 1. The maximum absolute atomic E-state index is 13.0. The molecule has 1 aliphatic heterocycles. The smallest absolute Gasteiger partial charge is 0.254 e. The molecule has 1 aromatic heterocycles. The van der Waals surface area contributed by atoms with Crippen LogP contribution < -0.4 is 5.32 Å². The van der Waals surface area contributed by atoms with Crippen LogP contribution in [0.1, 0.15) is 54.0 Å². The van der Waals surface area contributed by atoms with Crippen LogP contribution in [0, 0.1) is 5.92 Å². The van der Waals surface area contributed by atoms with Gasteiger partial charge in [0.15, 0.2) is 5.13 Å². The summed E-state index contributed by atoms with van der Waals surface area (Å²) in [6, 6.07) is 6.14. The molecule has 4 rings (SSSR count). The van der Waals surface area contributed by atoms with Crippen molar-refractivity contribution in [1.82, 2.24) is 14.2 Å². The zero-order valence-corrected chi connectivity index (χ0v) is 20.0. The standard InChI is InChI=1S/C22H28N4O4S2/c1-3-26(4-2)32(29,30)17-10-8-16(9-11-17)21(28)25-13-12-18-19(14-25)31-22(23-18)24-20(27)15-6-5-7-15/h8-11,15H,3-7,12-14H2,1-2H3,(H,23,24,27). The fraction of sp³-hybridized carbons (Fsp3) is 0.500. The van der Waals surface area contributed by atoms with Crippen LogP contribution in [0.4, 0.5) is 5.13 Å². The summed E-state index contributed by atoms with van der Waals surface area (Å²) in [4.78, 5) is 32.7. The quantitative estimate of drug-likeness (QED) is 0.662. The minimum Gasteiger partial charge on any atom is -0.333 e. The first-order valence-electron chi connectivity index (χ1n) is 11.0. The molecular weight excluding hydrogens is 448 g/mol. The van der Waals surface area contributed by atoms with E-state index in [1.807, 2.05) is 0 Å². The van der Waals surface area contributed by atoms with E-state index < -0.39 is 10.0 Å². The van der Waals surface area contributed by atoms with Gasteiger partial charge in [-0.3, -0.25) is 9.59 Å². The highest BCUT2D eigenvalue weighted by Crippen LogP contribution is 2.32. The van der Waals surface area contributed by atoms with E-state index in [0.717, 1.165) is 29.8 Å². The first kappa shape index (κ1) is 22.9. The van der Waals surface area contributed by atoms with Gasteiger partial charge in [-0.15, -0.1) is 0 Å². The van der Waals surface area contributed by atoms with E-state index in [1.54, 1.807) is 30.9 Å². The fourth-order valence-electron chi connectivity index (χ4n) is 3.96. The topological polar surface area (TPSA) is 99.7 Å². The minimum atomic E-state index is -3.55. The number of carbonyl (C=O) groups is 2. The van der Waals surface area contributed by atoms with Gasteiger partial charge in [0.2, 0.25) is 15.9 Å². The van der Waals surface area contributed by atoms with Crippen LogP contribution in [0.3, 0.4) is 0 Å². The van der Waals surface area contributed by atoms with Crippen molar-refractivity contribution in [3.05, 3.63) is 40.4 Å². The largest absolute Gasteiger partial charge is 0.333 e. The molecule has 0 saturated heterocycles. The van der Waals surface area contributed by atoms with Crippen molar-refractivity contribution in [1.29, 1.82) is 0 Å². The number of amides is 2. The number of rotatable bonds is 7. The molecule has 32 heavy (non-hydrogen) atoms. The van der Waals surface area contributed by atoms with E-state index in [4.69, 9.17) is 0 Å². The number of nitrogens with zero attached hydrogens (tertiary/aromatic N) is 3. The van der Waals surface area contributed by atoms with E-state index in [2.05, 4.69) is 10.3 Å². The highest BCUT2D eigenvalue weighted by atomic mass is 32.2. The average Bonchev–Trinajstić information content (AvgIpc) is 3.14. The lowest BCUT2D eigenvalue weighted by atomic mass is 9.85. The van der Waals surface area contributed by atoms with Crippen molar-refractivity contribution in [2.45, 2.75) is 51.0 Å². The van der Waals surface area contributed by atoms with Gasteiger partial charge in [-0.25, -0.2) is 13.4 Å². The molecule has 1 saturated carbocycles. The molecule has 0 unspecified atom stereocenters. The minimum absolute atomic E-state index is 0.0371. The van der Waals surface area contributed by atoms with Gasteiger partial charge in [-0.2, -0.15) is 4.31 Å². The molecule has 0 radical (unpaired) electrons. The lowest BCUT2D eigenvalue weighted by Gasteiger charge is -2.26. The fourth-order valence-corrected chi connectivity index (χ4v) is 6.45. The third kappa shape index (κ3) is 4.44. The first-order valence-corrected chi connectivity index (χ1v) is 13.3. The Balaban J connectivity index is 1.43. The van der Waals surface area contributed by atoms with Gasteiger partial charge < -0.3 is 10.2 Å². The number of hydrogen-bond acceptors (Lipinski definition) is 6. The maximum atomic E-state index is 13.0. The Hall–Kier alpha value is -2.30. The molecule has 2 aliphatic rings. The summed E-state index contributed by atoms with van der Waals surface area (Å²) in [7, 11) is -3.55. The SMILES string of the molecule is CCN(CC)S(=O)(=O)c1ccc(C(=O)N2CCc3nc(NC(=O)C4CCC4)sc3C2)cc1. The normalized spacial score (nSPS) is 16.5. The summed E-state index contributed by atoms with van der Waals surface area (Å²) in [5, 5.41) is 3.52. The number of fused-ring (bicyclic) bond motifs is 1. The van der Waals surface area contributed by atoms with E-state index in [0.29, 0.717) is 43.3 Å². The molecule has 0 atom stereocenters. The van der Waals surface area contributed by atoms with Gasteiger partial charge >= 0.3 is 0 Å². The average molecular weight is 477 g/mol. The van der Waals surface area contributed by atoms with Crippen molar-refractivity contribution < 1.29 is 18.0 Å². The third-order valence-electron chi connectivity index (χ3n) is 6.17. The number of carbonyl (C=O) groups excluding carboxylic acids is 2. The van der Waals surface area contributed by atoms with Crippen LogP contribution >= 0.6 is 11.3 Å². The molecule has 0 bridgehead atoms. The molecule has 1 aliphatic carbocycles. The zero-order chi connectivity index (χ0) is 22.9. The molecule has 2 amide bonds. The van der Waals surface area contributed by atoms with E-state index in [1.165, 1.54) is 27.8 Å². The van der Waals surface area contributed by atoms with Crippen molar-refractivity contribution in [3.63, 3.8) is 0 Å². The first-order chi connectivity index (χ1) is 15.3. The van der Waals surface area contributed by atoms with Gasteiger partial charge in [-0.05, 0) is 37.1 Å². The van der Waals surface area contributed by atoms with Gasteiger partial charge in [0.1, 0.15) is 0 Å². The predicted octanol–water partition coefficient (Wildman–Crippen LogP) is 3.11. The van der Waals surface area contributed by atoms with Crippen LogP contribution in [0.5, 0.6) is 0 Å². The summed E-state index contributed by atoms with van der Waals surface area (Å²) in [6.07, 6.45) is 3.61. The summed E-state index contributed by atoms with van der Waals surface area (Å²) in [5.41, 5.74) is 1.39. The van der Waals surface area contributed by atoms with E-state index in [-0.39, 0.29) is 22.6 Å². The highest BCUT2D eigenvalue weighted by Gasteiger charge is 2.29. The molecule has 2 aromatic rings. The van der Waals surface area contributed by atoms with Crippen molar-refractivity contribution in [3.8, 4) is 0 Å². The lowest BCUT2D eigenvalue weighted by molar-refractivity contribution is -0.122. The monoisotopic (exact) mass is 476 g/mol. The van der Waals surface area contributed by atoms with Crippen LogP contribution in [0.15, 0.2) is 29.2 Å². The van der Waals surface area contributed by atoms with E-state index in [9.17, 15) is 18.0 Å². The Kier molecular flexibility index (Phi) is 6.64. The number of aromatic nitrogens is 1. The van der Waals surface area contributed by atoms with Crippen molar-refractivity contribution in [2.24, 2.45) is 5.92 Å². The van der Waals surface area contributed by atoms with Gasteiger partial charge in [0, 0.05) is 42.4 Å². The molecule has 0 spiro atoms. The zero-order valence-electron chi connectivity index (χ0n) is 18.3. The van der Waals surface area contributed by atoms with E-state index >= 15 is 0 Å². The number of thiazole rings is 1. The Morgan fingerprint density at radius 2 is 1.88 bits per heavy atom. The molecule has 1 fully saturated rings. The number of benzene rings is 1.